The maximum atomic E-state index is 13.5. The summed E-state index contributed by atoms with van der Waals surface area (Å²) in [4.78, 5) is 13.5. The lowest BCUT2D eigenvalue weighted by molar-refractivity contribution is -0.149. The Kier molecular flexibility index (Phi) is 7.62. The number of carbonyl (C=O) groups excluding carboxylic acids is 1. The second kappa shape index (κ2) is 9.88. The molecule has 0 aromatic rings. The van der Waals surface area contributed by atoms with Crippen molar-refractivity contribution in [2.75, 3.05) is 6.54 Å². The highest BCUT2D eigenvalue weighted by Gasteiger charge is 2.62. The van der Waals surface area contributed by atoms with Gasteiger partial charge in [0.15, 0.2) is 0 Å². The summed E-state index contributed by atoms with van der Waals surface area (Å²) in [5.41, 5.74) is 1.63. The first-order valence-corrected chi connectivity index (χ1v) is 14.5. The molecule has 0 aromatic carbocycles. The zero-order valence-electron chi connectivity index (χ0n) is 22.9. The van der Waals surface area contributed by atoms with Crippen LogP contribution in [0.2, 0.25) is 0 Å². The predicted octanol–water partition coefficient (Wildman–Crippen LogP) is 6.34. The molecule has 0 saturated heterocycles. The first-order chi connectivity index (χ1) is 16.0. The molecular weight excluding hydrogens is 420 g/mol. The fourth-order valence-corrected chi connectivity index (χ4v) is 9.47. The summed E-state index contributed by atoms with van der Waals surface area (Å²) in [6, 6.07) is 0. The number of hydrazine groups is 1. The maximum Gasteiger partial charge on any atom is 0.240 e. The number of hydrogen-bond acceptors (Lipinski definition) is 3. The van der Waals surface area contributed by atoms with Gasteiger partial charge in [0.25, 0.3) is 0 Å². The number of nitrogens with zero attached hydrogens (tertiary/aromatic N) is 1. The average molecular weight is 473 g/mol. The van der Waals surface area contributed by atoms with Crippen LogP contribution in [0, 0.1) is 52.3 Å². The van der Waals surface area contributed by atoms with Gasteiger partial charge < -0.3 is 5.11 Å². The third kappa shape index (κ3) is 4.29. The molecule has 0 spiro atoms. The van der Waals surface area contributed by atoms with Crippen molar-refractivity contribution in [2.45, 2.75) is 112 Å². The van der Waals surface area contributed by atoms with Crippen molar-refractivity contribution < 1.29 is 9.90 Å². The van der Waals surface area contributed by atoms with Crippen molar-refractivity contribution >= 4 is 5.91 Å². The SMILES string of the molecule is CCN(N)C(=O)C1C[C@H](O)CC2=CC[C@H]3[C@@H]4CC[C@H]([C@H](C)CCCC(C)C)[C@@]4(C)CC[C@@H]3[C@]21C. The van der Waals surface area contributed by atoms with Crippen molar-refractivity contribution in [2.24, 2.45) is 58.1 Å². The molecule has 3 fully saturated rings. The third-order valence-electron chi connectivity index (χ3n) is 11.3. The molecule has 1 unspecified atom stereocenters. The Morgan fingerprint density at radius 1 is 1.18 bits per heavy atom. The smallest absolute Gasteiger partial charge is 0.240 e. The standard InChI is InChI=1S/C30H52N2O2/c1-7-32(31)28(34)27-18-22(33)17-21-11-12-23-25-14-13-24(20(4)10-8-9-19(2)3)29(25,5)16-15-26(23)30(21,27)6/h11,19-20,22-27,33H,7-10,12-18,31H2,1-6H3/t20-,22-,23+,24-,25+,26+,27?,29-,30+/m1/s1. The van der Waals surface area contributed by atoms with Gasteiger partial charge >= 0.3 is 0 Å². The van der Waals surface area contributed by atoms with E-state index in [9.17, 15) is 9.90 Å². The van der Waals surface area contributed by atoms with Gasteiger partial charge in [0.2, 0.25) is 5.91 Å². The number of hydrogen-bond donors (Lipinski definition) is 2. The summed E-state index contributed by atoms with van der Waals surface area (Å²) < 4.78 is 0. The number of aliphatic hydroxyl groups excluding tert-OH is 1. The minimum Gasteiger partial charge on any atom is -0.393 e. The highest BCUT2D eigenvalue weighted by atomic mass is 16.3. The van der Waals surface area contributed by atoms with Crippen LogP contribution in [0.25, 0.3) is 0 Å². The summed E-state index contributed by atoms with van der Waals surface area (Å²) in [7, 11) is 0. The number of carbonyl (C=O) groups is 1. The van der Waals surface area contributed by atoms with Crippen molar-refractivity contribution in [3.63, 3.8) is 0 Å². The van der Waals surface area contributed by atoms with E-state index in [1.165, 1.54) is 55.5 Å². The van der Waals surface area contributed by atoms with Crippen LogP contribution in [-0.4, -0.2) is 28.7 Å². The van der Waals surface area contributed by atoms with Crippen molar-refractivity contribution in [1.82, 2.24) is 5.01 Å². The van der Waals surface area contributed by atoms with Gasteiger partial charge in [-0.25, -0.2) is 5.84 Å². The Morgan fingerprint density at radius 2 is 1.91 bits per heavy atom. The molecule has 0 aromatic heterocycles. The lowest BCUT2D eigenvalue weighted by atomic mass is 9.44. The van der Waals surface area contributed by atoms with Gasteiger partial charge in [0, 0.05) is 12.0 Å². The minimum absolute atomic E-state index is 0.0340. The molecule has 4 heteroatoms. The predicted molar refractivity (Wildman–Crippen MR) is 140 cm³/mol. The fourth-order valence-electron chi connectivity index (χ4n) is 9.47. The number of fused-ring (bicyclic) bond motifs is 5. The first kappa shape index (κ1) is 26.2. The molecule has 3 saturated carbocycles. The molecule has 4 rings (SSSR count). The second-order valence-electron chi connectivity index (χ2n) is 13.4. The van der Waals surface area contributed by atoms with Crippen LogP contribution in [0.5, 0.6) is 0 Å². The molecule has 1 amide bonds. The number of nitrogens with two attached hydrogens (primary N) is 1. The van der Waals surface area contributed by atoms with Crippen molar-refractivity contribution in [1.29, 1.82) is 0 Å². The summed E-state index contributed by atoms with van der Waals surface area (Å²) in [5, 5.41) is 12.1. The topological polar surface area (TPSA) is 66.6 Å². The molecule has 0 aliphatic heterocycles. The normalized spacial score (nSPS) is 42.4. The highest BCUT2D eigenvalue weighted by Crippen LogP contribution is 2.68. The summed E-state index contributed by atoms with van der Waals surface area (Å²) >= 11 is 0. The van der Waals surface area contributed by atoms with E-state index in [2.05, 4.69) is 40.7 Å². The molecule has 4 aliphatic rings. The quantitative estimate of drug-likeness (QED) is 0.197. The molecule has 4 aliphatic carbocycles. The van der Waals surface area contributed by atoms with Crippen molar-refractivity contribution in [3.8, 4) is 0 Å². The molecule has 0 bridgehead atoms. The van der Waals surface area contributed by atoms with Gasteiger partial charge in [-0.2, -0.15) is 0 Å². The largest absolute Gasteiger partial charge is 0.393 e. The van der Waals surface area contributed by atoms with E-state index in [4.69, 9.17) is 5.84 Å². The Balaban J connectivity index is 1.58. The van der Waals surface area contributed by atoms with Gasteiger partial charge in [0.05, 0.1) is 12.0 Å². The number of rotatable bonds is 7. The van der Waals surface area contributed by atoms with Crippen LogP contribution in [0.3, 0.4) is 0 Å². The van der Waals surface area contributed by atoms with Gasteiger partial charge in [0.1, 0.15) is 0 Å². The highest BCUT2D eigenvalue weighted by molar-refractivity contribution is 5.80. The Morgan fingerprint density at radius 3 is 2.59 bits per heavy atom. The van der Waals surface area contributed by atoms with E-state index in [-0.39, 0.29) is 17.2 Å². The van der Waals surface area contributed by atoms with Gasteiger partial charge in [-0.3, -0.25) is 9.80 Å². The molecule has 0 radical (unpaired) electrons. The summed E-state index contributed by atoms with van der Waals surface area (Å²) in [5.74, 6) is 10.4. The second-order valence-corrected chi connectivity index (χ2v) is 13.4. The molecular formula is C30H52N2O2. The molecule has 0 heterocycles. The maximum absolute atomic E-state index is 13.5. The van der Waals surface area contributed by atoms with E-state index in [0.717, 1.165) is 36.5 Å². The van der Waals surface area contributed by atoms with Crippen molar-refractivity contribution in [3.05, 3.63) is 11.6 Å². The Labute approximate surface area is 209 Å². The molecule has 4 nitrogen and oxygen atoms in total. The van der Waals surface area contributed by atoms with Crippen LogP contribution in [0.1, 0.15) is 106 Å². The van der Waals surface area contributed by atoms with E-state index in [1.54, 1.807) is 0 Å². The minimum atomic E-state index is -0.425. The van der Waals surface area contributed by atoms with E-state index in [1.807, 2.05) is 6.92 Å². The molecule has 9 atom stereocenters. The van der Waals surface area contributed by atoms with Gasteiger partial charge in [-0.1, -0.05) is 65.5 Å². The van der Waals surface area contributed by atoms with Crippen LogP contribution in [0.15, 0.2) is 11.6 Å². The average Bonchev–Trinajstić information content (AvgIpc) is 3.15. The van der Waals surface area contributed by atoms with Crippen LogP contribution >= 0.6 is 0 Å². The van der Waals surface area contributed by atoms with Crippen LogP contribution in [0.4, 0.5) is 0 Å². The molecule has 3 N–H and O–H groups in total. The molecule has 34 heavy (non-hydrogen) atoms. The Hall–Kier alpha value is -0.870. The monoisotopic (exact) mass is 472 g/mol. The van der Waals surface area contributed by atoms with Gasteiger partial charge in [-0.15, -0.1) is 0 Å². The lowest BCUT2D eigenvalue weighted by Crippen LogP contribution is -2.58. The van der Waals surface area contributed by atoms with E-state index in [0.29, 0.717) is 30.2 Å². The number of aliphatic hydroxyl groups is 1. The number of allylic oxidation sites excluding steroid dienone is 1. The Bertz CT molecular complexity index is 778. The van der Waals surface area contributed by atoms with E-state index < -0.39 is 6.10 Å². The van der Waals surface area contributed by atoms with Crippen LogP contribution in [-0.2, 0) is 4.79 Å². The van der Waals surface area contributed by atoms with Gasteiger partial charge in [-0.05, 0) is 92.8 Å². The number of amides is 1. The summed E-state index contributed by atoms with van der Waals surface area (Å²) in [6.07, 6.45) is 13.8. The first-order valence-electron chi connectivity index (χ1n) is 14.5. The fraction of sp³-hybridized carbons (Fsp3) is 0.900. The lowest BCUT2D eigenvalue weighted by Gasteiger charge is -2.60. The third-order valence-corrected chi connectivity index (χ3v) is 11.3. The summed E-state index contributed by atoms with van der Waals surface area (Å²) in [6.45, 7) is 14.7. The van der Waals surface area contributed by atoms with E-state index >= 15 is 0 Å². The van der Waals surface area contributed by atoms with Crippen LogP contribution < -0.4 is 5.84 Å². The zero-order chi connectivity index (χ0) is 24.8. The zero-order valence-corrected chi connectivity index (χ0v) is 22.9. The molecule has 194 valence electrons.